The second-order valence-corrected chi connectivity index (χ2v) is 6.26. The van der Waals surface area contributed by atoms with E-state index in [2.05, 4.69) is 18.1 Å². The Labute approximate surface area is 120 Å². The number of aromatic nitrogens is 2. The molecule has 0 atom stereocenters. The van der Waals surface area contributed by atoms with E-state index in [1.807, 2.05) is 14.0 Å². The highest BCUT2D eigenvalue weighted by Gasteiger charge is 2.36. The van der Waals surface area contributed by atoms with E-state index in [0.29, 0.717) is 5.15 Å². The van der Waals surface area contributed by atoms with Crippen molar-refractivity contribution < 1.29 is 0 Å². The van der Waals surface area contributed by atoms with E-state index in [1.165, 1.54) is 19.3 Å². The fourth-order valence-electron chi connectivity index (χ4n) is 3.18. The molecule has 1 aromatic rings. The predicted molar refractivity (Wildman–Crippen MR) is 77.0 cm³/mol. The van der Waals surface area contributed by atoms with Crippen LogP contribution in [0.25, 0.3) is 0 Å². The number of aryl methyl sites for hydroxylation is 2. The van der Waals surface area contributed by atoms with Crippen molar-refractivity contribution in [1.82, 2.24) is 9.78 Å². The maximum absolute atomic E-state index is 9.63. The van der Waals surface area contributed by atoms with E-state index in [9.17, 15) is 5.26 Å². The summed E-state index contributed by atoms with van der Waals surface area (Å²) in [5, 5.41) is 14.7. The lowest BCUT2D eigenvalue weighted by atomic mass is 9.68. The monoisotopic (exact) mass is 279 g/mol. The van der Waals surface area contributed by atoms with Crippen LogP contribution in [0.15, 0.2) is 0 Å². The van der Waals surface area contributed by atoms with Gasteiger partial charge in [0.25, 0.3) is 0 Å². The molecular weight excluding hydrogens is 258 g/mol. The molecule has 1 fully saturated rings. The highest BCUT2D eigenvalue weighted by atomic mass is 35.5. The van der Waals surface area contributed by atoms with Gasteiger partial charge in [-0.2, -0.15) is 10.4 Å². The maximum Gasteiger partial charge on any atom is 0.130 e. The lowest BCUT2D eigenvalue weighted by molar-refractivity contribution is 0.205. The minimum Gasteiger partial charge on any atom is -0.257 e. The van der Waals surface area contributed by atoms with Crippen molar-refractivity contribution in [2.75, 3.05) is 0 Å². The number of hydrogen-bond donors (Lipinski definition) is 0. The molecule has 0 radical (unpaired) electrons. The number of nitriles is 1. The van der Waals surface area contributed by atoms with Crippen LogP contribution in [0, 0.1) is 29.6 Å². The third-order valence-electron chi connectivity index (χ3n) is 4.66. The first-order chi connectivity index (χ1) is 9.01. The highest BCUT2D eigenvalue weighted by Crippen LogP contribution is 2.43. The Morgan fingerprint density at radius 1 is 1.47 bits per heavy atom. The van der Waals surface area contributed by atoms with Crippen molar-refractivity contribution in [2.24, 2.45) is 18.4 Å². The first-order valence-corrected chi connectivity index (χ1v) is 7.48. The van der Waals surface area contributed by atoms with E-state index >= 15 is 0 Å². The van der Waals surface area contributed by atoms with Gasteiger partial charge in [0.2, 0.25) is 0 Å². The molecule has 0 amide bonds. The number of nitrogens with zero attached hydrogens (tertiary/aromatic N) is 3. The molecule has 0 N–H and O–H groups in total. The molecule has 19 heavy (non-hydrogen) atoms. The van der Waals surface area contributed by atoms with Gasteiger partial charge in [-0.15, -0.1) is 0 Å². The molecule has 0 unspecified atom stereocenters. The fraction of sp³-hybridized carbons (Fsp3) is 0.733. The first-order valence-electron chi connectivity index (χ1n) is 7.10. The Morgan fingerprint density at radius 3 is 2.53 bits per heavy atom. The standard InChI is InChI=1S/C15H22ClN3/c1-4-12-5-7-15(10-17,8-6-12)9-13-11(2)18-19(3)14(13)16/h12H,4-9H2,1-3H3. The van der Waals surface area contributed by atoms with Gasteiger partial charge in [-0.05, 0) is 44.9 Å². The molecule has 1 heterocycles. The van der Waals surface area contributed by atoms with Crippen LogP contribution in [0.1, 0.15) is 50.3 Å². The van der Waals surface area contributed by atoms with Crippen LogP contribution < -0.4 is 0 Å². The number of halogens is 1. The zero-order valence-corrected chi connectivity index (χ0v) is 12.8. The van der Waals surface area contributed by atoms with E-state index in [4.69, 9.17) is 11.6 Å². The van der Waals surface area contributed by atoms with Crippen molar-refractivity contribution in [1.29, 1.82) is 5.26 Å². The van der Waals surface area contributed by atoms with Gasteiger partial charge >= 0.3 is 0 Å². The topological polar surface area (TPSA) is 41.6 Å². The van der Waals surface area contributed by atoms with Crippen LogP contribution in [0.2, 0.25) is 5.15 Å². The molecule has 4 heteroatoms. The molecule has 1 aromatic heterocycles. The fourth-order valence-corrected chi connectivity index (χ4v) is 3.42. The normalized spacial score (nSPS) is 27.2. The Kier molecular flexibility index (Phi) is 4.20. The smallest absolute Gasteiger partial charge is 0.130 e. The third kappa shape index (κ3) is 2.79. The van der Waals surface area contributed by atoms with Crippen molar-refractivity contribution in [3.63, 3.8) is 0 Å². The van der Waals surface area contributed by atoms with Crippen LogP contribution in [0.4, 0.5) is 0 Å². The Hall–Kier alpha value is -1.01. The van der Waals surface area contributed by atoms with Crippen molar-refractivity contribution in [3.8, 4) is 6.07 Å². The zero-order chi connectivity index (χ0) is 14.0. The van der Waals surface area contributed by atoms with Gasteiger partial charge in [0.15, 0.2) is 0 Å². The molecule has 3 nitrogen and oxygen atoms in total. The average molecular weight is 280 g/mol. The van der Waals surface area contributed by atoms with Crippen LogP contribution >= 0.6 is 11.6 Å². The molecule has 0 spiro atoms. The van der Waals surface area contributed by atoms with Gasteiger partial charge in [-0.25, -0.2) is 0 Å². The second kappa shape index (κ2) is 5.54. The van der Waals surface area contributed by atoms with Gasteiger partial charge in [0, 0.05) is 12.6 Å². The molecule has 0 aromatic carbocycles. The molecule has 0 aliphatic heterocycles. The Morgan fingerprint density at radius 2 is 2.11 bits per heavy atom. The van der Waals surface area contributed by atoms with E-state index in [-0.39, 0.29) is 5.41 Å². The maximum atomic E-state index is 9.63. The molecule has 1 aliphatic carbocycles. The molecule has 104 valence electrons. The summed E-state index contributed by atoms with van der Waals surface area (Å²) in [7, 11) is 1.85. The largest absolute Gasteiger partial charge is 0.257 e. The SMILES string of the molecule is CCC1CCC(C#N)(Cc2c(C)nn(C)c2Cl)CC1. The van der Waals surface area contributed by atoms with Crippen LogP contribution in [-0.2, 0) is 13.5 Å². The van der Waals surface area contributed by atoms with Crippen LogP contribution in [-0.4, -0.2) is 9.78 Å². The van der Waals surface area contributed by atoms with Gasteiger partial charge in [0.05, 0.1) is 17.2 Å². The molecule has 0 bridgehead atoms. The predicted octanol–water partition coefficient (Wildman–Crippen LogP) is 4.03. The van der Waals surface area contributed by atoms with Crippen molar-refractivity contribution >= 4 is 11.6 Å². The molecule has 1 saturated carbocycles. The Balaban J connectivity index is 2.18. The van der Waals surface area contributed by atoms with E-state index < -0.39 is 0 Å². The third-order valence-corrected chi connectivity index (χ3v) is 5.13. The summed E-state index contributed by atoms with van der Waals surface area (Å²) in [6.07, 6.45) is 6.30. The highest BCUT2D eigenvalue weighted by molar-refractivity contribution is 6.30. The number of rotatable bonds is 3. The summed E-state index contributed by atoms with van der Waals surface area (Å²) >= 11 is 6.30. The minimum absolute atomic E-state index is 0.233. The van der Waals surface area contributed by atoms with Crippen molar-refractivity contribution in [3.05, 3.63) is 16.4 Å². The Bertz CT molecular complexity index is 490. The molecule has 1 aliphatic rings. The first kappa shape index (κ1) is 14.4. The lowest BCUT2D eigenvalue weighted by Gasteiger charge is -2.34. The van der Waals surface area contributed by atoms with Gasteiger partial charge in [-0.1, -0.05) is 24.9 Å². The summed E-state index contributed by atoms with van der Waals surface area (Å²) in [4.78, 5) is 0. The summed E-state index contributed by atoms with van der Waals surface area (Å²) in [6.45, 7) is 4.22. The molecule has 0 saturated heterocycles. The average Bonchev–Trinajstić information content (AvgIpc) is 2.66. The summed E-state index contributed by atoms with van der Waals surface area (Å²) in [5.74, 6) is 0.798. The zero-order valence-electron chi connectivity index (χ0n) is 12.0. The molecule has 2 rings (SSSR count). The van der Waals surface area contributed by atoms with Gasteiger partial charge < -0.3 is 0 Å². The number of hydrogen-bond acceptors (Lipinski definition) is 2. The van der Waals surface area contributed by atoms with Crippen LogP contribution in [0.5, 0.6) is 0 Å². The van der Waals surface area contributed by atoms with Gasteiger partial charge in [-0.3, -0.25) is 4.68 Å². The van der Waals surface area contributed by atoms with Crippen LogP contribution in [0.3, 0.4) is 0 Å². The second-order valence-electron chi connectivity index (χ2n) is 5.90. The van der Waals surface area contributed by atoms with E-state index in [1.54, 1.807) is 4.68 Å². The van der Waals surface area contributed by atoms with Gasteiger partial charge in [0.1, 0.15) is 5.15 Å². The molecular formula is C15H22ClN3. The minimum atomic E-state index is -0.233. The van der Waals surface area contributed by atoms with E-state index in [0.717, 1.165) is 36.4 Å². The summed E-state index contributed by atoms with van der Waals surface area (Å²) in [5.41, 5.74) is 1.78. The quantitative estimate of drug-likeness (QED) is 0.838. The lowest BCUT2D eigenvalue weighted by Crippen LogP contribution is -2.28. The summed E-state index contributed by atoms with van der Waals surface area (Å²) in [6, 6.07) is 2.58. The van der Waals surface area contributed by atoms with Crippen molar-refractivity contribution in [2.45, 2.75) is 52.4 Å². The summed E-state index contributed by atoms with van der Waals surface area (Å²) < 4.78 is 1.70.